The summed E-state index contributed by atoms with van der Waals surface area (Å²) >= 11 is 5.38. The molecule has 0 saturated carbocycles. The predicted molar refractivity (Wildman–Crippen MR) is 79.7 cm³/mol. The summed E-state index contributed by atoms with van der Waals surface area (Å²) in [4.78, 5) is 3.16. The van der Waals surface area contributed by atoms with Crippen molar-refractivity contribution in [2.75, 3.05) is 7.11 Å². The Morgan fingerprint density at radius 1 is 1.20 bits per heavy atom. The first-order chi connectivity index (χ1) is 9.72. The summed E-state index contributed by atoms with van der Waals surface area (Å²) in [6.07, 6.45) is 0. The van der Waals surface area contributed by atoms with Crippen LogP contribution in [-0.4, -0.2) is 16.7 Å². The minimum absolute atomic E-state index is 0.609. The number of hydrogen-bond acceptors (Lipinski definition) is 3. The zero-order valence-electron chi connectivity index (χ0n) is 10.8. The fraction of sp³-hybridized carbons (Fsp3) is 0.0667. The Kier molecular flexibility index (Phi) is 3.01. The molecule has 0 spiro atoms. The van der Waals surface area contributed by atoms with Crippen molar-refractivity contribution in [3.05, 3.63) is 52.8 Å². The predicted octanol–water partition coefficient (Wildman–Crippen LogP) is 3.57. The number of nitrogens with one attached hydrogen (secondary N) is 1. The molecule has 0 unspecified atom stereocenters. The zero-order chi connectivity index (χ0) is 14.1. The summed E-state index contributed by atoms with van der Waals surface area (Å²) in [6.45, 7) is 0. The average molecular weight is 281 g/mol. The summed E-state index contributed by atoms with van der Waals surface area (Å²) < 4.78 is 7.75. The lowest BCUT2D eigenvalue weighted by Crippen LogP contribution is -1.93. The standard InChI is InChI=1S/C15H11N3OS/c1-19-12-6-7-14-13(8-12)17-15(20)18(14)11-4-2-10(9-16)3-5-11/h2-8H,1H3,(H,17,20). The molecule has 3 aromatic rings. The largest absolute Gasteiger partial charge is 0.497 e. The molecule has 1 N–H and O–H groups in total. The summed E-state index contributed by atoms with van der Waals surface area (Å²) in [5.74, 6) is 0.778. The smallest absolute Gasteiger partial charge is 0.182 e. The van der Waals surface area contributed by atoms with Gasteiger partial charge in [-0.2, -0.15) is 5.26 Å². The molecule has 0 aliphatic carbocycles. The van der Waals surface area contributed by atoms with Crippen LogP contribution in [-0.2, 0) is 0 Å². The van der Waals surface area contributed by atoms with Crippen LogP contribution in [0.15, 0.2) is 42.5 Å². The third kappa shape index (κ3) is 1.96. The molecule has 0 amide bonds. The van der Waals surface area contributed by atoms with Crippen LogP contribution in [0.1, 0.15) is 5.56 Å². The number of nitriles is 1. The molecule has 0 fully saturated rings. The van der Waals surface area contributed by atoms with Gasteiger partial charge in [-0.05, 0) is 48.6 Å². The molecule has 5 heteroatoms. The normalized spacial score (nSPS) is 10.4. The van der Waals surface area contributed by atoms with Gasteiger partial charge in [0.1, 0.15) is 5.75 Å². The molecular formula is C15H11N3OS. The van der Waals surface area contributed by atoms with Gasteiger partial charge in [0.2, 0.25) is 0 Å². The van der Waals surface area contributed by atoms with Crippen molar-refractivity contribution in [2.24, 2.45) is 0 Å². The summed E-state index contributed by atoms with van der Waals surface area (Å²) in [6, 6.07) is 15.2. The SMILES string of the molecule is COc1ccc2c(c1)[nH]c(=S)n2-c1ccc(C#N)cc1. The van der Waals surface area contributed by atoms with Crippen LogP contribution in [0.4, 0.5) is 0 Å². The van der Waals surface area contributed by atoms with Crippen molar-refractivity contribution < 1.29 is 4.74 Å². The molecular weight excluding hydrogens is 270 g/mol. The van der Waals surface area contributed by atoms with Gasteiger partial charge in [-0.25, -0.2) is 0 Å². The molecule has 0 atom stereocenters. The Hall–Kier alpha value is -2.58. The van der Waals surface area contributed by atoms with Crippen molar-refractivity contribution in [3.8, 4) is 17.5 Å². The molecule has 0 bridgehead atoms. The maximum Gasteiger partial charge on any atom is 0.182 e. The topological polar surface area (TPSA) is 53.7 Å². The number of fused-ring (bicyclic) bond motifs is 1. The van der Waals surface area contributed by atoms with E-state index in [2.05, 4.69) is 11.1 Å². The second-order valence-corrected chi connectivity index (χ2v) is 4.69. The number of methoxy groups -OCH3 is 1. The van der Waals surface area contributed by atoms with E-state index in [-0.39, 0.29) is 0 Å². The van der Waals surface area contributed by atoms with Gasteiger partial charge in [0.25, 0.3) is 0 Å². The Morgan fingerprint density at radius 2 is 1.95 bits per heavy atom. The second kappa shape index (κ2) is 4.83. The second-order valence-electron chi connectivity index (χ2n) is 4.31. The first-order valence-electron chi connectivity index (χ1n) is 6.02. The van der Waals surface area contributed by atoms with Gasteiger partial charge in [0, 0.05) is 11.8 Å². The maximum absolute atomic E-state index is 8.85. The van der Waals surface area contributed by atoms with E-state index in [9.17, 15) is 0 Å². The van der Waals surface area contributed by atoms with Gasteiger partial charge < -0.3 is 9.72 Å². The van der Waals surface area contributed by atoms with E-state index in [0.717, 1.165) is 22.5 Å². The number of benzene rings is 2. The number of rotatable bonds is 2. The Balaban J connectivity index is 2.22. The zero-order valence-corrected chi connectivity index (χ0v) is 11.6. The quantitative estimate of drug-likeness (QED) is 0.731. The Morgan fingerprint density at radius 3 is 2.60 bits per heavy atom. The van der Waals surface area contributed by atoms with E-state index >= 15 is 0 Å². The molecule has 20 heavy (non-hydrogen) atoms. The monoisotopic (exact) mass is 281 g/mol. The molecule has 1 aromatic heterocycles. The highest BCUT2D eigenvalue weighted by Crippen LogP contribution is 2.23. The fourth-order valence-corrected chi connectivity index (χ4v) is 2.47. The number of H-pyrrole nitrogens is 1. The minimum Gasteiger partial charge on any atom is -0.497 e. The molecule has 0 saturated heterocycles. The highest BCUT2D eigenvalue weighted by Gasteiger charge is 2.07. The van der Waals surface area contributed by atoms with Crippen LogP contribution in [0, 0.1) is 16.1 Å². The number of nitrogens with zero attached hydrogens (tertiary/aromatic N) is 2. The van der Waals surface area contributed by atoms with Crippen LogP contribution in [0.2, 0.25) is 0 Å². The summed E-state index contributed by atoms with van der Waals surface area (Å²) in [5, 5.41) is 8.85. The van der Waals surface area contributed by atoms with Crippen LogP contribution in [0.25, 0.3) is 16.7 Å². The van der Waals surface area contributed by atoms with E-state index < -0.39 is 0 Å². The number of aromatic amines is 1. The van der Waals surface area contributed by atoms with E-state index in [1.807, 2.05) is 34.9 Å². The lowest BCUT2D eigenvalue weighted by atomic mass is 10.2. The van der Waals surface area contributed by atoms with Crippen molar-refractivity contribution in [1.29, 1.82) is 5.26 Å². The lowest BCUT2D eigenvalue weighted by Gasteiger charge is -2.05. The van der Waals surface area contributed by atoms with E-state index in [0.29, 0.717) is 10.3 Å². The average Bonchev–Trinajstić information content (AvgIpc) is 2.82. The van der Waals surface area contributed by atoms with E-state index in [4.69, 9.17) is 22.2 Å². The summed E-state index contributed by atoms with van der Waals surface area (Å²) in [7, 11) is 1.63. The van der Waals surface area contributed by atoms with E-state index in [1.54, 1.807) is 19.2 Å². The van der Waals surface area contributed by atoms with Crippen molar-refractivity contribution >= 4 is 23.3 Å². The van der Waals surface area contributed by atoms with Crippen molar-refractivity contribution in [2.45, 2.75) is 0 Å². The highest BCUT2D eigenvalue weighted by molar-refractivity contribution is 7.71. The molecule has 4 nitrogen and oxygen atoms in total. The third-order valence-electron chi connectivity index (χ3n) is 3.14. The molecule has 0 aliphatic rings. The third-order valence-corrected chi connectivity index (χ3v) is 3.43. The summed E-state index contributed by atoms with van der Waals surface area (Å²) in [5.41, 5.74) is 3.44. The van der Waals surface area contributed by atoms with Crippen LogP contribution >= 0.6 is 12.2 Å². The molecule has 3 rings (SSSR count). The van der Waals surface area contributed by atoms with E-state index in [1.165, 1.54) is 0 Å². The van der Waals surface area contributed by atoms with Gasteiger partial charge in [-0.1, -0.05) is 0 Å². The number of ether oxygens (including phenoxy) is 1. The number of imidazole rings is 1. The fourth-order valence-electron chi connectivity index (χ4n) is 2.16. The first-order valence-corrected chi connectivity index (χ1v) is 6.43. The van der Waals surface area contributed by atoms with Gasteiger partial charge >= 0.3 is 0 Å². The number of hydrogen-bond donors (Lipinski definition) is 1. The molecule has 2 aromatic carbocycles. The molecule has 1 heterocycles. The highest BCUT2D eigenvalue weighted by atomic mass is 32.1. The lowest BCUT2D eigenvalue weighted by molar-refractivity contribution is 0.415. The van der Waals surface area contributed by atoms with Gasteiger partial charge in [0.05, 0.1) is 29.8 Å². The Bertz CT molecular complexity index is 869. The number of aromatic nitrogens is 2. The van der Waals surface area contributed by atoms with Crippen LogP contribution < -0.4 is 4.74 Å². The van der Waals surface area contributed by atoms with Gasteiger partial charge in [-0.15, -0.1) is 0 Å². The van der Waals surface area contributed by atoms with Crippen LogP contribution in [0.3, 0.4) is 0 Å². The van der Waals surface area contributed by atoms with Gasteiger partial charge in [0.15, 0.2) is 4.77 Å². The van der Waals surface area contributed by atoms with Gasteiger partial charge in [-0.3, -0.25) is 4.57 Å². The Labute approximate surface area is 120 Å². The molecule has 98 valence electrons. The first kappa shape index (κ1) is 12.5. The van der Waals surface area contributed by atoms with Crippen LogP contribution in [0.5, 0.6) is 5.75 Å². The molecule has 0 radical (unpaired) electrons. The maximum atomic E-state index is 8.85. The molecule has 0 aliphatic heterocycles. The minimum atomic E-state index is 0.609. The van der Waals surface area contributed by atoms with Crippen molar-refractivity contribution in [1.82, 2.24) is 9.55 Å². The van der Waals surface area contributed by atoms with Crippen molar-refractivity contribution in [3.63, 3.8) is 0 Å².